The molecule has 2 aromatic carbocycles. The Balaban J connectivity index is 2.32. The molecule has 0 amide bonds. The Labute approximate surface area is 128 Å². The van der Waals surface area contributed by atoms with Crippen LogP contribution in [0, 0.1) is 0 Å². The van der Waals surface area contributed by atoms with E-state index in [2.05, 4.69) is 91.8 Å². The van der Waals surface area contributed by atoms with Crippen molar-refractivity contribution in [2.45, 2.75) is 19.6 Å². The van der Waals surface area contributed by atoms with Crippen molar-refractivity contribution < 1.29 is 0 Å². The minimum Gasteiger partial charge on any atom is -0.120 e. The molecule has 1 aliphatic carbocycles. The molecule has 0 saturated heterocycles. The third kappa shape index (κ3) is 3.00. The molecule has 0 fully saturated rings. The first-order chi connectivity index (χ1) is 10.0. The zero-order chi connectivity index (χ0) is 14.9. The Hall–Kier alpha value is -2.08. The molecule has 2 aromatic rings. The van der Waals surface area contributed by atoms with Crippen LogP contribution in [0.4, 0.5) is 0 Å². The maximum absolute atomic E-state index is 3.63. The van der Waals surface area contributed by atoms with Crippen LogP contribution in [-0.2, 0) is 0 Å². The molecule has 1 heteroatoms. The molecule has 0 radical (unpaired) electrons. The molecule has 0 aromatic heterocycles. The predicted molar refractivity (Wildman–Crippen MR) is 95.8 cm³/mol. The monoisotopic (exact) mass is 288 g/mol. The van der Waals surface area contributed by atoms with Crippen LogP contribution in [0.1, 0.15) is 22.3 Å². The average molecular weight is 288 g/mol. The number of rotatable bonds is 1. The van der Waals surface area contributed by atoms with Crippen molar-refractivity contribution >= 4 is 25.8 Å². The molecule has 0 heterocycles. The molecule has 0 bridgehead atoms. The van der Waals surface area contributed by atoms with Gasteiger partial charge in [0.05, 0.1) is 8.07 Å². The summed E-state index contributed by atoms with van der Waals surface area (Å²) in [5.41, 5.74) is 12.2. The van der Waals surface area contributed by atoms with Gasteiger partial charge >= 0.3 is 0 Å². The third-order valence-corrected chi connectivity index (χ3v) is 4.56. The lowest BCUT2D eigenvalue weighted by molar-refractivity contribution is 1.53. The van der Waals surface area contributed by atoms with Crippen molar-refractivity contribution in [1.29, 1.82) is 0 Å². The van der Waals surface area contributed by atoms with Gasteiger partial charge in [-0.15, -0.1) is 5.73 Å². The fourth-order valence-electron chi connectivity index (χ4n) is 2.51. The largest absolute Gasteiger partial charge is 0.120 e. The minimum atomic E-state index is -1.28. The van der Waals surface area contributed by atoms with Crippen LogP contribution < -0.4 is 0 Å². The summed E-state index contributed by atoms with van der Waals surface area (Å²) in [6.07, 6.45) is 4.41. The zero-order valence-electron chi connectivity index (χ0n) is 12.9. The van der Waals surface area contributed by atoms with Crippen LogP contribution in [0.2, 0.25) is 19.6 Å². The number of hydrogen-bond donors (Lipinski definition) is 0. The fraction of sp³-hybridized carbons (Fsp3) is 0.150. The van der Waals surface area contributed by atoms with Crippen molar-refractivity contribution in [2.75, 3.05) is 0 Å². The Morgan fingerprint density at radius 1 is 0.762 bits per heavy atom. The first-order valence-electron chi connectivity index (χ1n) is 7.39. The van der Waals surface area contributed by atoms with Crippen LogP contribution >= 0.6 is 0 Å². The third-order valence-electron chi connectivity index (χ3n) is 3.55. The smallest absolute Gasteiger partial charge is 0.0782 e. The van der Waals surface area contributed by atoms with Crippen molar-refractivity contribution in [3.63, 3.8) is 0 Å². The Kier molecular flexibility index (Phi) is 3.55. The fourth-order valence-corrected chi connectivity index (χ4v) is 3.09. The first kappa shape index (κ1) is 13.9. The lowest BCUT2D eigenvalue weighted by Gasteiger charge is -2.11. The summed E-state index contributed by atoms with van der Waals surface area (Å²) in [5.74, 6) is 0. The average Bonchev–Trinajstić information content (AvgIpc) is 2.61. The number of benzene rings is 2. The number of hydrogen-bond acceptors (Lipinski definition) is 0. The van der Waals surface area contributed by atoms with Crippen molar-refractivity contribution in [3.05, 3.63) is 82.2 Å². The van der Waals surface area contributed by atoms with E-state index in [1.807, 2.05) is 0 Å². The van der Waals surface area contributed by atoms with Crippen LogP contribution in [0.25, 0.3) is 17.7 Å². The summed E-state index contributed by atoms with van der Waals surface area (Å²) in [4.78, 5) is 0. The summed E-state index contributed by atoms with van der Waals surface area (Å²) < 4.78 is 0. The lowest BCUT2D eigenvalue weighted by Crippen LogP contribution is -2.14. The molecular weight excluding hydrogens is 268 g/mol. The highest BCUT2D eigenvalue weighted by atomic mass is 28.3. The molecule has 104 valence electrons. The normalized spacial score (nSPS) is 13.0. The molecule has 0 unspecified atom stereocenters. The van der Waals surface area contributed by atoms with Crippen LogP contribution in [0.15, 0.2) is 60.0 Å². The second-order valence-corrected chi connectivity index (χ2v) is 11.6. The van der Waals surface area contributed by atoms with Gasteiger partial charge in [-0.1, -0.05) is 86.0 Å². The molecule has 0 atom stereocenters. The maximum atomic E-state index is 3.63. The summed E-state index contributed by atoms with van der Waals surface area (Å²) in [6, 6.07) is 17.2. The van der Waals surface area contributed by atoms with Gasteiger partial charge in [-0.05, 0) is 22.3 Å². The highest BCUT2D eigenvalue weighted by Crippen LogP contribution is 2.32. The quantitative estimate of drug-likeness (QED) is 0.402. The van der Waals surface area contributed by atoms with Gasteiger partial charge < -0.3 is 0 Å². The van der Waals surface area contributed by atoms with E-state index in [9.17, 15) is 0 Å². The summed E-state index contributed by atoms with van der Waals surface area (Å²) >= 11 is 0. The second kappa shape index (κ2) is 5.36. The molecule has 1 aliphatic rings. The van der Waals surface area contributed by atoms with Crippen molar-refractivity contribution in [2.24, 2.45) is 0 Å². The summed E-state index contributed by atoms with van der Waals surface area (Å²) in [6.45, 7) is 7.02. The predicted octanol–water partition coefficient (Wildman–Crippen LogP) is 5.63. The molecule has 3 rings (SSSR count). The maximum Gasteiger partial charge on any atom is 0.0782 e. The second-order valence-electron chi connectivity index (χ2n) is 6.54. The molecule has 0 spiro atoms. The molecule has 0 saturated carbocycles. The summed E-state index contributed by atoms with van der Waals surface area (Å²) in [5, 5.41) is 0. The van der Waals surface area contributed by atoms with Gasteiger partial charge in [-0.2, -0.15) is 0 Å². The topological polar surface area (TPSA) is 0 Å². The van der Waals surface area contributed by atoms with Crippen LogP contribution in [0.3, 0.4) is 0 Å². The van der Waals surface area contributed by atoms with Gasteiger partial charge in [0.1, 0.15) is 0 Å². The Morgan fingerprint density at radius 3 is 1.71 bits per heavy atom. The zero-order valence-corrected chi connectivity index (χ0v) is 13.9. The van der Waals surface area contributed by atoms with E-state index in [-0.39, 0.29) is 0 Å². The van der Waals surface area contributed by atoms with Gasteiger partial charge in [-0.25, -0.2) is 0 Å². The standard InChI is InChI=1S/C20H20Si/c1-21(2,3)15-14-20-18-10-6-4-8-16(18)12-13-17-9-5-7-11-19(17)20/h4-13,15H,1-3H3. The van der Waals surface area contributed by atoms with Gasteiger partial charge in [0.2, 0.25) is 0 Å². The van der Waals surface area contributed by atoms with E-state index in [1.54, 1.807) is 0 Å². The van der Waals surface area contributed by atoms with E-state index in [1.165, 1.54) is 27.8 Å². The number of fused-ring (bicyclic) bond motifs is 2. The Morgan fingerprint density at radius 2 is 1.24 bits per heavy atom. The molecule has 21 heavy (non-hydrogen) atoms. The molecular formula is C20H20Si. The van der Waals surface area contributed by atoms with Gasteiger partial charge in [-0.3, -0.25) is 0 Å². The molecule has 0 nitrogen and oxygen atoms in total. The molecule has 0 N–H and O–H groups in total. The van der Waals surface area contributed by atoms with E-state index in [0.717, 1.165) is 0 Å². The summed E-state index contributed by atoms with van der Waals surface area (Å²) in [7, 11) is -1.28. The molecule has 0 aliphatic heterocycles. The van der Waals surface area contributed by atoms with Gasteiger partial charge in [0.25, 0.3) is 0 Å². The lowest BCUT2D eigenvalue weighted by atomic mass is 9.94. The van der Waals surface area contributed by atoms with Crippen LogP contribution in [-0.4, -0.2) is 8.07 Å². The van der Waals surface area contributed by atoms with Gasteiger partial charge in [0, 0.05) is 5.57 Å². The Bertz CT molecular complexity index is 715. The van der Waals surface area contributed by atoms with E-state index in [0.29, 0.717) is 0 Å². The highest BCUT2D eigenvalue weighted by molar-refractivity contribution is 6.80. The first-order valence-corrected chi connectivity index (χ1v) is 11.0. The van der Waals surface area contributed by atoms with Crippen molar-refractivity contribution in [1.82, 2.24) is 0 Å². The van der Waals surface area contributed by atoms with Gasteiger partial charge in [0.15, 0.2) is 0 Å². The van der Waals surface area contributed by atoms with E-state index >= 15 is 0 Å². The van der Waals surface area contributed by atoms with E-state index < -0.39 is 8.07 Å². The highest BCUT2D eigenvalue weighted by Gasteiger charge is 2.14. The minimum absolute atomic E-state index is 1.22. The van der Waals surface area contributed by atoms with Crippen molar-refractivity contribution in [3.8, 4) is 0 Å². The van der Waals surface area contributed by atoms with Crippen LogP contribution in [0.5, 0.6) is 0 Å². The SMILES string of the molecule is C[Si](C)(C)C=C=C1c2ccccc2C=Cc2ccccc21. The van der Waals surface area contributed by atoms with E-state index in [4.69, 9.17) is 0 Å².